The summed E-state index contributed by atoms with van der Waals surface area (Å²) in [6.45, 7) is 9.58. The molecule has 0 amide bonds. The summed E-state index contributed by atoms with van der Waals surface area (Å²) in [7, 11) is 0. The summed E-state index contributed by atoms with van der Waals surface area (Å²) >= 11 is 6.26. The minimum absolute atomic E-state index is 0.0943. The largest absolute Gasteiger partial charge is 0.301 e. The number of halogens is 1. The Morgan fingerprint density at radius 1 is 1.12 bits per heavy atom. The highest BCUT2D eigenvalue weighted by molar-refractivity contribution is 6.29. The smallest absolute Gasteiger partial charge is 0.288 e. The molecule has 5 heteroatoms. The highest BCUT2D eigenvalue weighted by atomic mass is 35.5. The molecule has 6 rings (SSSR count). The third-order valence-corrected chi connectivity index (χ3v) is 9.59. The molecular formula is C27H38ClN3O. The normalized spacial score (nSPS) is 32.1. The first-order valence-corrected chi connectivity index (χ1v) is 13.2. The van der Waals surface area contributed by atoms with Gasteiger partial charge < -0.3 is 9.47 Å². The van der Waals surface area contributed by atoms with Gasteiger partial charge in [0, 0.05) is 18.6 Å². The summed E-state index contributed by atoms with van der Waals surface area (Å²) in [6, 6.07) is 8.65. The van der Waals surface area contributed by atoms with Gasteiger partial charge in [-0.2, -0.15) is 0 Å². The van der Waals surface area contributed by atoms with Gasteiger partial charge in [0.15, 0.2) is 5.15 Å². The van der Waals surface area contributed by atoms with E-state index < -0.39 is 0 Å². The summed E-state index contributed by atoms with van der Waals surface area (Å²) in [5.74, 6) is 2.82. The van der Waals surface area contributed by atoms with Crippen LogP contribution >= 0.6 is 11.6 Å². The standard InChI is InChI=1S/C27H38ClN3O/c1-4-7-20-17-21(31-24-9-6-5-8-23(24)29-25(28)26(31)32)13-15-30(20)14-12-18-10-11-19-16-22(18)27(19,2)3/h5-6,8-9,18-22H,4,7,10-17H2,1-3H3/t18-,19-,20+,21+,22-/m0/s1. The molecule has 0 N–H and O–H groups in total. The van der Waals surface area contributed by atoms with Crippen molar-refractivity contribution >= 4 is 22.6 Å². The van der Waals surface area contributed by atoms with Crippen LogP contribution < -0.4 is 5.56 Å². The average Bonchev–Trinajstić information content (AvgIpc) is 2.79. The Balaban J connectivity index is 1.32. The zero-order valence-corrected chi connectivity index (χ0v) is 20.7. The second-order valence-electron chi connectivity index (χ2n) is 11.2. The molecule has 32 heavy (non-hydrogen) atoms. The van der Waals surface area contributed by atoms with Crippen LogP contribution in [0.25, 0.3) is 11.0 Å². The number of hydrogen-bond donors (Lipinski definition) is 0. The second kappa shape index (κ2) is 8.76. The summed E-state index contributed by atoms with van der Waals surface area (Å²) in [5.41, 5.74) is 2.16. The van der Waals surface area contributed by atoms with Gasteiger partial charge >= 0.3 is 0 Å². The van der Waals surface area contributed by atoms with Crippen molar-refractivity contribution in [1.82, 2.24) is 14.5 Å². The van der Waals surface area contributed by atoms with Gasteiger partial charge in [0.2, 0.25) is 0 Å². The Kier molecular flexibility index (Phi) is 6.13. The molecule has 1 saturated heterocycles. The van der Waals surface area contributed by atoms with Crippen molar-refractivity contribution in [2.45, 2.75) is 84.2 Å². The van der Waals surface area contributed by atoms with E-state index in [4.69, 9.17) is 11.6 Å². The lowest BCUT2D eigenvalue weighted by Crippen LogP contribution is -2.53. The predicted octanol–water partition coefficient (Wildman–Crippen LogP) is 6.32. The van der Waals surface area contributed by atoms with Crippen molar-refractivity contribution in [1.29, 1.82) is 0 Å². The van der Waals surface area contributed by atoms with Crippen LogP contribution in [0.2, 0.25) is 5.15 Å². The fourth-order valence-electron chi connectivity index (χ4n) is 7.37. The van der Waals surface area contributed by atoms with Crippen LogP contribution in [0.3, 0.4) is 0 Å². The van der Waals surface area contributed by atoms with Crippen molar-refractivity contribution < 1.29 is 0 Å². The molecule has 1 aliphatic heterocycles. The van der Waals surface area contributed by atoms with Crippen LogP contribution in [-0.2, 0) is 0 Å². The van der Waals surface area contributed by atoms with Crippen molar-refractivity contribution in [3.63, 3.8) is 0 Å². The van der Waals surface area contributed by atoms with E-state index in [0.717, 1.165) is 48.2 Å². The molecule has 0 spiro atoms. The molecule has 4 nitrogen and oxygen atoms in total. The van der Waals surface area contributed by atoms with E-state index in [1.54, 1.807) is 0 Å². The topological polar surface area (TPSA) is 38.1 Å². The monoisotopic (exact) mass is 455 g/mol. The molecule has 4 fully saturated rings. The van der Waals surface area contributed by atoms with E-state index in [2.05, 4.69) is 30.7 Å². The van der Waals surface area contributed by atoms with Crippen molar-refractivity contribution in [2.24, 2.45) is 23.2 Å². The lowest BCUT2D eigenvalue weighted by Gasteiger charge is -2.60. The van der Waals surface area contributed by atoms with Crippen LogP contribution in [0.4, 0.5) is 0 Å². The first-order chi connectivity index (χ1) is 15.4. The van der Waals surface area contributed by atoms with Crippen molar-refractivity contribution in [3.8, 4) is 0 Å². The Bertz CT molecular complexity index is 1030. The summed E-state index contributed by atoms with van der Waals surface area (Å²) in [5, 5.41) is 0.0943. The van der Waals surface area contributed by atoms with Crippen LogP contribution in [0, 0.1) is 23.2 Å². The Labute approximate surface area is 197 Å². The summed E-state index contributed by atoms with van der Waals surface area (Å²) in [6.07, 6.45) is 10.1. The van der Waals surface area contributed by atoms with Gasteiger partial charge in [-0.1, -0.05) is 50.9 Å². The SMILES string of the molecule is CCC[C@@H]1C[C@H](n2c(=O)c(Cl)nc3ccccc32)CCN1CC[C@@H]1CC[C@H]2C[C@@H]1C2(C)C. The Morgan fingerprint density at radius 2 is 1.94 bits per heavy atom. The molecule has 174 valence electrons. The predicted molar refractivity (Wildman–Crippen MR) is 132 cm³/mol. The fraction of sp³-hybridized carbons (Fsp3) is 0.704. The van der Waals surface area contributed by atoms with Gasteiger partial charge in [-0.05, 0) is 86.8 Å². The van der Waals surface area contributed by atoms with Gasteiger partial charge in [0.1, 0.15) is 0 Å². The molecule has 0 radical (unpaired) electrons. The molecule has 1 aromatic carbocycles. The van der Waals surface area contributed by atoms with Gasteiger partial charge in [-0.25, -0.2) is 4.98 Å². The van der Waals surface area contributed by atoms with Crippen LogP contribution in [-0.4, -0.2) is 33.6 Å². The molecule has 3 saturated carbocycles. The van der Waals surface area contributed by atoms with E-state index in [0.29, 0.717) is 11.5 Å². The second-order valence-corrected chi connectivity index (χ2v) is 11.6. The number of piperidine rings is 1. The fourth-order valence-corrected chi connectivity index (χ4v) is 7.55. The first kappa shape index (κ1) is 22.4. The van der Waals surface area contributed by atoms with E-state index in [1.807, 2.05) is 28.8 Å². The van der Waals surface area contributed by atoms with Crippen molar-refractivity contribution in [2.75, 3.05) is 13.1 Å². The summed E-state index contributed by atoms with van der Waals surface area (Å²) in [4.78, 5) is 20.1. The van der Waals surface area contributed by atoms with Crippen molar-refractivity contribution in [3.05, 3.63) is 39.8 Å². The molecular weight excluding hydrogens is 418 g/mol. The van der Waals surface area contributed by atoms with E-state index in [9.17, 15) is 4.79 Å². The van der Waals surface area contributed by atoms with E-state index in [1.165, 1.54) is 45.1 Å². The number of likely N-dealkylation sites (tertiary alicyclic amines) is 1. The number of hydrogen-bond acceptors (Lipinski definition) is 3. The molecule has 3 aliphatic carbocycles. The molecule has 4 aliphatic rings. The van der Waals surface area contributed by atoms with Crippen LogP contribution in [0.1, 0.15) is 78.2 Å². The number of rotatable bonds is 6. The quantitative estimate of drug-likeness (QED) is 0.511. The number of fused-ring (bicyclic) bond motifs is 3. The van der Waals surface area contributed by atoms with E-state index >= 15 is 0 Å². The number of aromatic nitrogens is 2. The van der Waals surface area contributed by atoms with E-state index in [-0.39, 0.29) is 16.8 Å². The number of benzene rings is 1. The van der Waals surface area contributed by atoms with Crippen LogP contribution in [0.5, 0.6) is 0 Å². The molecule has 2 aromatic rings. The maximum Gasteiger partial charge on any atom is 0.288 e. The maximum atomic E-state index is 13.0. The molecule has 2 bridgehead atoms. The van der Waals surface area contributed by atoms with Crippen LogP contribution in [0.15, 0.2) is 29.1 Å². The van der Waals surface area contributed by atoms with Gasteiger partial charge in [0.25, 0.3) is 5.56 Å². The zero-order valence-electron chi connectivity index (χ0n) is 19.9. The molecule has 2 heterocycles. The van der Waals surface area contributed by atoms with Gasteiger partial charge in [-0.15, -0.1) is 0 Å². The number of nitrogens with zero attached hydrogens (tertiary/aromatic N) is 3. The maximum absolute atomic E-state index is 13.0. The third kappa shape index (κ3) is 3.81. The lowest BCUT2D eigenvalue weighted by atomic mass is 9.45. The highest BCUT2D eigenvalue weighted by Crippen LogP contribution is 2.62. The summed E-state index contributed by atoms with van der Waals surface area (Å²) < 4.78 is 1.95. The van der Waals surface area contributed by atoms with Gasteiger partial charge in [-0.3, -0.25) is 4.79 Å². The van der Waals surface area contributed by atoms with Gasteiger partial charge in [0.05, 0.1) is 11.0 Å². The first-order valence-electron chi connectivity index (χ1n) is 12.8. The molecule has 0 unspecified atom stereocenters. The number of para-hydroxylation sites is 2. The highest BCUT2D eigenvalue weighted by Gasteiger charge is 2.53. The average molecular weight is 456 g/mol. The zero-order chi connectivity index (χ0) is 22.5. The minimum Gasteiger partial charge on any atom is -0.301 e. The lowest BCUT2D eigenvalue weighted by molar-refractivity contribution is -0.109. The Morgan fingerprint density at radius 3 is 2.69 bits per heavy atom. The molecule has 1 aromatic heterocycles. The third-order valence-electron chi connectivity index (χ3n) is 9.34. The Hall–Kier alpha value is -1.39. The molecule has 5 atom stereocenters. The minimum atomic E-state index is -0.136.